The van der Waals surface area contributed by atoms with Crippen molar-refractivity contribution < 1.29 is 8.42 Å². The van der Waals surface area contributed by atoms with Crippen molar-refractivity contribution in [3.05, 3.63) is 22.7 Å². The Kier molecular flexibility index (Phi) is 3.32. The summed E-state index contributed by atoms with van der Waals surface area (Å²) in [5, 5.41) is 8.74. The van der Waals surface area contributed by atoms with Crippen LogP contribution in [0.5, 0.6) is 0 Å². The predicted molar refractivity (Wildman–Crippen MR) is 56.5 cm³/mol. The van der Waals surface area contributed by atoms with Crippen LogP contribution < -0.4 is 0 Å². The zero-order chi connectivity index (χ0) is 10.9. The third-order valence-electron chi connectivity index (χ3n) is 1.43. The second-order valence-electron chi connectivity index (χ2n) is 2.35. The van der Waals surface area contributed by atoms with Gasteiger partial charge in [-0.25, -0.2) is 8.42 Å². The van der Waals surface area contributed by atoms with E-state index >= 15 is 0 Å². The first-order chi connectivity index (χ1) is 6.36. The molecule has 0 bridgehead atoms. The molecule has 1 aromatic carbocycles. The summed E-state index contributed by atoms with van der Waals surface area (Å²) < 4.78 is 21.9. The molecule has 7 heteroatoms. The second kappa shape index (κ2) is 3.99. The van der Waals surface area contributed by atoms with Crippen LogP contribution in [0, 0.1) is 11.3 Å². The van der Waals surface area contributed by atoms with E-state index in [9.17, 15) is 8.42 Å². The number of rotatable bonds is 1. The lowest BCUT2D eigenvalue weighted by molar-refractivity contribution is 0.609. The molecule has 0 unspecified atom stereocenters. The fourth-order valence-electron chi connectivity index (χ4n) is 0.805. The summed E-state index contributed by atoms with van der Waals surface area (Å²) in [7, 11) is 1.24. The zero-order valence-electron chi connectivity index (χ0n) is 6.53. The van der Waals surface area contributed by atoms with Crippen LogP contribution in [0.3, 0.4) is 0 Å². The van der Waals surface area contributed by atoms with E-state index in [1.54, 1.807) is 6.07 Å². The molecule has 0 heterocycles. The van der Waals surface area contributed by atoms with E-state index in [1.165, 1.54) is 6.07 Å². The number of thiol groups is 1. The molecule has 0 radical (unpaired) electrons. The van der Waals surface area contributed by atoms with Crippen molar-refractivity contribution >= 4 is 44.0 Å². The standard InChI is InChI=1S/C7H3Cl2NO2S2/c8-7-4(3-10)1-5(2-6(7)13)14(9,11)12/h1-2,13H. The van der Waals surface area contributed by atoms with Gasteiger partial charge in [0.25, 0.3) is 9.05 Å². The zero-order valence-corrected chi connectivity index (χ0v) is 9.75. The lowest BCUT2D eigenvalue weighted by Gasteiger charge is -2.02. The van der Waals surface area contributed by atoms with E-state index in [2.05, 4.69) is 12.6 Å². The van der Waals surface area contributed by atoms with E-state index in [-0.39, 0.29) is 20.4 Å². The minimum Gasteiger partial charge on any atom is -0.207 e. The van der Waals surface area contributed by atoms with Crippen LogP contribution in [0.4, 0.5) is 0 Å². The monoisotopic (exact) mass is 267 g/mol. The number of hydrogen-bond acceptors (Lipinski definition) is 4. The van der Waals surface area contributed by atoms with Gasteiger partial charge in [-0.1, -0.05) is 11.6 Å². The van der Waals surface area contributed by atoms with Crippen molar-refractivity contribution in [2.45, 2.75) is 9.79 Å². The lowest BCUT2D eigenvalue weighted by Crippen LogP contribution is -1.93. The average molecular weight is 268 g/mol. The molecule has 0 spiro atoms. The van der Waals surface area contributed by atoms with Crippen LogP contribution in [-0.2, 0) is 9.05 Å². The van der Waals surface area contributed by atoms with E-state index in [4.69, 9.17) is 27.5 Å². The smallest absolute Gasteiger partial charge is 0.207 e. The van der Waals surface area contributed by atoms with Crippen LogP contribution in [-0.4, -0.2) is 8.42 Å². The highest BCUT2D eigenvalue weighted by Crippen LogP contribution is 2.28. The molecule has 0 saturated heterocycles. The predicted octanol–water partition coefficient (Wildman–Crippen LogP) is 2.43. The fraction of sp³-hybridized carbons (Fsp3) is 0. The quantitative estimate of drug-likeness (QED) is 0.628. The third kappa shape index (κ3) is 2.34. The summed E-state index contributed by atoms with van der Waals surface area (Å²) in [6.07, 6.45) is 0. The summed E-state index contributed by atoms with van der Waals surface area (Å²) in [5.41, 5.74) is 0.0263. The Bertz CT molecular complexity index is 519. The average Bonchev–Trinajstić information content (AvgIpc) is 2.07. The number of nitrogens with zero attached hydrogens (tertiary/aromatic N) is 1. The molecule has 14 heavy (non-hydrogen) atoms. The van der Waals surface area contributed by atoms with Gasteiger partial charge in [0.2, 0.25) is 0 Å². The van der Waals surface area contributed by atoms with Gasteiger partial charge < -0.3 is 0 Å². The molecule has 0 N–H and O–H groups in total. The Morgan fingerprint density at radius 3 is 2.43 bits per heavy atom. The van der Waals surface area contributed by atoms with Gasteiger partial charge in [-0.15, -0.1) is 12.6 Å². The van der Waals surface area contributed by atoms with Crippen molar-refractivity contribution in [1.82, 2.24) is 0 Å². The van der Waals surface area contributed by atoms with Crippen molar-refractivity contribution in [3.8, 4) is 6.07 Å². The SMILES string of the molecule is N#Cc1cc(S(=O)(=O)Cl)cc(S)c1Cl. The Morgan fingerprint density at radius 1 is 1.43 bits per heavy atom. The summed E-state index contributed by atoms with van der Waals surface area (Å²) in [4.78, 5) is 0.00931. The topological polar surface area (TPSA) is 57.9 Å². The van der Waals surface area contributed by atoms with Gasteiger partial charge in [0.05, 0.1) is 15.5 Å². The van der Waals surface area contributed by atoms with E-state index in [1.807, 2.05) is 0 Å². The molecule has 74 valence electrons. The number of nitriles is 1. The highest BCUT2D eigenvalue weighted by atomic mass is 35.7. The van der Waals surface area contributed by atoms with Crippen molar-refractivity contribution in [2.24, 2.45) is 0 Å². The molecule has 0 amide bonds. The first kappa shape index (κ1) is 11.7. The van der Waals surface area contributed by atoms with Gasteiger partial charge in [0.1, 0.15) is 6.07 Å². The maximum absolute atomic E-state index is 10.9. The Morgan fingerprint density at radius 2 is 2.00 bits per heavy atom. The van der Waals surface area contributed by atoms with Crippen LogP contribution in [0.2, 0.25) is 5.02 Å². The highest BCUT2D eigenvalue weighted by Gasteiger charge is 2.14. The maximum Gasteiger partial charge on any atom is 0.261 e. The van der Waals surface area contributed by atoms with Gasteiger partial charge >= 0.3 is 0 Å². The van der Waals surface area contributed by atoms with Gasteiger partial charge in [0, 0.05) is 15.6 Å². The molecule has 0 atom stereocenters. The molecule has 1 aromatic rings. The summed E-state index contributed by atoms with van der Waals surface area (Å²) in [5.74, 6) is 0. The van der Waals surface area contributed by atoms with Gasteiger partial charge in [-0.05, 0) is 12.1 Å². The Hall–Kier alpha value is -0.410. The molecule has 0 aliphatic carbocycles. The normalized spacial score (nSPS) is 11.0. The highest BCUT2D eigenvalue weighted by molar-refractivity contribution is 8.13. The lowest BCUT2D eigenvalue weighted by atomic mass is 10.2. The summed E-state index contributed by atoms with van der Waals surface area (Å²) in [6, 6.07) is 4.04. The second-order valence-corrected chi connectivity index (χ2v) is 5.78. The molecule has 0 aliphatic heterocycles. The minimum atomic E-state index is -3.86. The summed E-state index contributed by atoms with van der Waals surface area (Å²) in [6.45, 7) is 0. The van der Waals surface area contributed by atoms with Gasteiger partial charge in [-0.2, -0.15) is 5.26 Å². The molecule has 0 aromatic heterocycles. The first-order valence-corrected chi connectivity index (χ1v) is 6.37. The van der Waals surface area contributed by atoms with Crippen LogP contribution in [0.1, 0.15) is 5.56 Å². The largest absolute Gasteiger partial charge is 0.261 e. The van der Waals surface area contributed by atoms with Crippen LogP contribution >= 0.6 is 34.9 Å². The summed E-state index contributed by atoms with van der Waals surface area (Å²) >= 11 is 9.60. The molecule has 1 rings (SSSR count). The Labute approximate surface area is 96.1 Å². The van der Waals surface area contributed by atoms with Gasteiger partial charge in [0.15, 0.2) is 0 Å². The maximum atomic E-state index is 10.9. The van der Waals surface area contributed by atoms with E-state index in [0.29, 0.717) is 0 Å². The number of hydrogen-bond donors (Lipinski definition) is 1. The molecule has 0 fully saturated rings. The molecule has 0 aliphatic rings. The molecule has 3 nitrogen and oxygen atoms in total. The van der Waals surface area contributed by atoms with E-state index < -0.39 is 9.05 Å². The van der Waals surface area contributed by atoms with Gasteiger partial charge in [-0.3, -0.25) is 0 Å². The number of benzene rings is 1. The van der Waals surface area contributed by atoms with Crippen LogP contribution in [0.25, 0.3) is 0 Å². The van der Waals surface area contributed by atoms with Crippen LogP contribution in [0.15, 0.2) is 21.9 Å². The fourth-order valence-corrected chi connectivity index (χ4v) is 2.09. The van der Waals surface area contributed by atoms with Crippen molar-refractivity contribution in [1.29, 1.82) is 5.26 Å². The minimum absolute atomic E-state index is 0.0263. The molecular weight excluding hydrogens is 265 g/mol. The molecule has 0 saturated carbocycles. The number of halogens is 2. The van der Waals surface area contributed by atoms with Crippen molar-refractivity contribution in [3.63, 3.8) is 0 Å². The molecular formula is C7H3Cl2NO2S2. The van der Waals surface area contributed by atoms with Crippen molar-refractivity contribution in [2.75, 3.05) is 0 Å². The third-order valence-corrected chi connectivity index (χ3v) is 3.65. The first-order valence-electron chi connectivity index (χ1n) is 3.23. The van der Waals surface area contributed by atoms with E-state index in [0.717, 1.165) is 6.07 Å². The Balaban J connectivity index is 3.56.